The van der Waals surface area contributed by atoms with Crippen LogP contribution in [0.1, 0.15) is 46.4 Å². The van der Waals surface area contributed by atoms with Gasteiger partial charge in [0.05, 0.1) is 5.60 Å². The Morgan fingerprint density at radius 1 is 1.17 bits per heavy atom. The number of aliphatic hydroxyl groups is 1. The predicted octanol–water partition coefficient (Wildman–Crippen LogP) is 0.918. The Bertz CT molecular complexity index is 566. The molecule has 0 amide bonds. The van der Waals surface area contributed by atoms with Crippen LogP contribution in [0.4, 0.5) is 0 Å². The van der Waals surface area contributed by atoms with Gasteiger partial charge in [-0.05, 0) is 25.1 Å². The van der Waals surface area contributed by atoms with E-state index < -0.39 is 21.0 Å². The van der Waals surface area contributed by atoms with Crippen molar-refractivity contribution in [3.8, 4) is 0 Å². The third-order valence-corrected chi connectivity index (χ3v) is 9.64. The maximum absolute atomic E-state index is 10.7. The molecule has 1 aromatic heterocycles. The summed E-state index contributed by atoms with van der Waals surface area (Å²) in [5.41, 5.74) is -1.29. The summed E-state index contributed by atoms with van der Waals surface area (Å²) in [5, 5.41) is 29.0. The number of nitrogens with zero attached hydrogens (tertiary/aromatic N) is 2. The molecule has 3 N–H and O–H groups in total. The first-order valence-electron chi connectivity index (χ1n) is 7.89. The highest BCUT2D eigenvalue weighted by molar-refractivity contribution is 6.74. The van der Waals surface area contributed by atoms with Crippen LogP contribution in [0, 0.1) is 0 Å². The van der Waals surface area contributed by atoms with Gasteiger partial charge in [-0.15, -0.1) is 0 Å². The second-order valence-electron chi connectivity index (χ2n) is 8.41. The van der Waals surface area contributed by atoms with Crippen LogP contribution in [-0.2, 0) is 10.0 Å². The van der Waals surface area contributed by atoms with E-state index in [1.807, 2.05) is 6.92 Å². The van der Waals surface area contributed by atoms with Crippen molar-refractivity contribution in [2.45, 2.75) is 69.9 Å². The molecule has 128 valence electrons. The summed E-state index contributed by atoms with van der Waals surface area (Å²) in [7, 11) is -3.52. The van der Waals surface area contributed by atoms with E-state index in [-0.39, 0.29) is 16.1 Å². The molecule has 1 saturated carbocycles. The van der Waals surface area contributed by atoms with E-state index in [2.05, 4.69) is 43.8 Å². The second-order valence-corrected chi connectivity index (χ2v) is 13.1. The van der Waals surface area contributed by atoms with Crippen molar-refractivity contribution in [2.75, 3.05) is 0 Å². The van der Waals surface area contributed by atoms with E-state index in [0.29, 0.717) is 18.7 Å². The van der Waals surface area contributed by atoms with Gasteiger partial charge in [0, 0.05) is 30.7 Å². The molecule has 1 fully saturated rings. The molecule has 1 aliphatic carbocycles. The number of hydrogen-bond donors (Lipinski definition) is 3. The average Bonchev–Trinajstić information content (AvgIpc) is 2.34. The molecule has 0 bridgehead atoms. The molecule has 23 heavy (non-hydrogen) atoms. The summed E-state index contributed by atoms with van der Waals surface area (Å²) < 4.78 is 6.45. The van der Waals surface area contributed by atoms with Crippen molar-refractivity contribution in [1.29, 1.82) is 0 Å². The minimum Gasteiger partial charge on any atom is -0.423 e. The van der Waals surface area contributed by atoms with Crippen LogP contribution < -0.4 is 5.46 Å². The fourth-order valence-corrected chi connectivity index (χ4v) is 4.58. The maximum atomic E-state index is 10.7. The molecular formula is C15H27BN2O4Si. The second kappa shape index (κ2) is 5.63. The van der Waals surface area contributed by atoms with E-state index >= 15 is 0 Å². The molecule has 1 aliphatic rings. The highest BCUT2D eigenvalue weighted by Gasteiger charge is 2.57. The van der Waals surface area contributed by atoms with E-state index in [4.69, 9.17) is 14.5 Å². The van der Waals surface area contributed by atoms with Gasteiger partial charge in [0.25, 0.3) is 0 Å². The molecule has 2 rings (SSSR count). The van der Waals surface area contributed by atoms with E-state index in [1.54, 1.807) is 0 Å². The zero-order valence-electron chi connectivity index (χ0n) is 14.8. The van der Waals surface area contributed by atoms with E-state index in [1.165, 1.54) is 12.4 Å². The molecular weight excluding hydrogens is 311 g/mol. The number of aromatic nitrogens is 2. The first-order chi connectivity index (χ1) is 10.3. The Kier molecular flexibility index (Phi) is 4.54. The molecule has 0 radical (unpaired) electrons. The predicted molar refractivity (Wildman–Crippen MR) is 91.7 cm³/mol. The molecule has 0 atom stereocenters. The third kappa shape index (κ3) is 3.66. The molecule has 0 unspecified atom stereocenters. The van der Waals surface area contributed by atoms with Crippen molar-refractivity contribution in [3.05, 3.63) is 18.2 Å². The van der Waals surface area contributed by atoms with Gasteiger partial charge in [-0.3, -0.25) is 0 Å². The largest absolute Gasteiger partial charge is 0.491 e. The van der Waals surface area contributed by atoms with Crippen LogP contribution >= 0.6 is 0 Å². The van der Waals surface area contributed by atoms with Gasteiger partial charge in [-0.2, -0.15) is 0 Å². The Morgan fingerprint density at radius 2 is 1.65 bits per heavy atom. The Labute approximate surface area is 139 Å². The Morgan fingerprint density at radius 3 is 2.04 bits per heavy atom. The van der Waals surface area contributed by atoms with Crippen LogP contribution in [0.2, 0.25) is 18.1 Å². The standard InChI is InChI=1S/C15H27BN2O4Si/c1-13(2,3)23(5,6)22-14(4)9-15(19,10-14)12-17-7-11(8-18-12)16(20)21/h7-8,19-21H,9-10H2,1-6H3. The van der Waals surface area contributed by atoms with Crippen LogP contribution in [-0.4, -0.2) is 46.2 Å². The van der Waals surface area contributed by atoms with Crippen LogP contribution in [0.25, 0.3) is 0 Å². The van der Waals surface area contributed by atoms with Crippen LogP contribution in [0.15, 0.2) is 12.4 Å². The van der Waals surface area contributed by atoms with Gasteiger partial charge in [-0.25, -0.2) is 9.97 Å². The normalized spacial score (nSPS) is 28.4. The summed E-state index contributed by atoms with van der Waals surface area (Å²) in [5.74, 6) is 0.304. The lowest BCUT2D eigenvalue weighted by molar-refractivity contribution is -0.172. The molecule has 1 heterocycles. The van der Waals surface area contributed by atoms with Gasteiger partial charge in [0.15, 0.2) is 14.1 Å². The smallest absolute Gasteiger partial charge is 0.423 e. The third-order valence-electron chi connectivity index (χ3n) is 5.03. The van der Waals surface area contributed by atoms with Crippen molar-refractivity contribution in [2.24, 2.45) is 0 Å². The summed E-state index contributed by atoms with van der Waals surface area (Å²) in [6, 6.07) is 0. The Hall–Kier alpha value is -0.798. The lowest BCUT2D eigenvalue weighted by Gasteiger charge is -2.54. The van der Waals surface area contributed by atoms with Crippen molar-refractivity contribution in [1.82, 2.24) is 9.97 Å². The fourth-order valence-electron chi connectivity index (χ4n) is 2.90. The minimum absolute atomic E-state index is 0.110. The fraction of sp³-hybridized carbons (Fsp3) is 0.733. The topological polar surface area (TPSA) is 95.7 Å². The van der Waals surface area contributed by atoms with E-state index in [9.17, 15) is 5.11 Å². The maximum Gasteiger partial charge on any atom is 0.491 e. The monoisotopic (exact) mass is 338 g/mol. The minimum atomic E-state index is -1.92. The zero-order chi connectivity index (χ0) is 17.7. The van der Waals surface area contributed by atoms with Gasteiger partial charge in [0.2, 0.25) is 0 Å². The lowest BCUT2D eigenvalue weighted by Crippen LogP contribution is -2.60. The molecule has 1 aromatic rings. The van der Waals surface area contributed by atoms with Crippen molar-refractivity contribution >= 4 is 20.9 Å². The molecule has 0 aliphatic heterocycles. The van der Waals surface area contributed by atoms with E-state index in [0.717, 1.165) is 0 Å². The quantitative estimate of drug-likeness (QED) is 0.707. The van der Waals surface area contributed by atoms with Crippen molar-refractivity contribution < 1.29 is 19.6 Å². The number of rotatable bonds is 4. The zero-order valence-corrected chi connectivity index (χ0v) is 15.8. The summed E-state index contributed by atoms with van der Waals surface area (Å²) >= 11 is 0. The van der Waals surface area contributed by atoms with Gasteiger partial charge in [-0.1, -0.05) is 20.8 Å². The molecule has 0 saturated heterocycles. The first-order valence-corrected chi connectivity index (χ1v) is 10.8. The Balaban J connectivity index is 2.09. The van der Waals surface area contributed by atoms with Crippen LogP contribution in [0.5, 0.6) is 0 Å². The first kappa shape index (κ1) is 18.5. The SMILES string of the molecule is CC1(O[Si](C)(C)C(C)(C)C)CC(O)(c2ncc(B(O)O)cn2)C1. The van der Waals surface area contributed by atoms with Gasteiger partial charge >= 0.3 is 7.12 Å². The summed E-state index contributed by atoms with van der Waals surface area (Å²) in [4.78, 5) is 8.16. The molecule has 0 aromatic carbocycles. The average molecular weight is 338 g/mol. The number of hydrogen-bond acceptors (Lipinski definition) is 6. The van der Waals surface area contributed by atoms with Crippen molar-refractivity contribution in [3.63, 3.8) is 0 Å². The molecule has 8 heteroatoms. The lowest BCUT2D eigenvalue weighted by atomic mass is 9.68. The van der Waals surface area contributed by atoms with Gasteiger partial charge < -0.3 is 19.6 Å². The van der Waals surface area contributed by atoms with Gasteiger partial charge in [0.1, 0.15) is 5.60 Å². The summed E-state index contributed by atoms with van der Waals surface area (Å²) in [6.45, 7) is 13.0. The highest BCUT2D eigenvalue weighted by Crippen LogP contribution is 2.52. The summed E-state index contributed by atoms with van der Waals surface area (Å²) in [6.07, 6.45) is 3.53. The van der Waals surface area contributed by atoms with Crippen LogP contribution in [0.3, 0.4) is 0 Å². The molecule has 0 spiro atoms. The highest BCUT2D eigenvalue weighted by atomic mass is 28.4. The molecule has 6 nitrogen and oxygen atoms in total.